The summed E-state index contributed by atoms with van der Waals surface area (Å²) in [5.41, 5.74) is 7.27. The highest BCUT2D eigenvalue weighted by atomic mass is 15.2. The molecule has 0 amide bonds. The van der Waals surface area contributed by atoms with Gasteiger partial charge in [0.1, 0.15) is 11.6 Å². The van der Waals surface area contributed by atoms with E-state index >= 15 is 0 Å². The number of rotatable bonds is 0. The fourth-order valence-corrected chi connectivity index (χ4v) is 2.23. The molecule has 0 saturated carbocycles. The largest absolute Gasteiger partial charge is 0.384 e. The van der Waals surface area contributed by atoms with Crippen LogP contribution in [0.1, 0.15) is 45.6 Å². The lowest BCUT2D eigenvalue weighted by Crippen LogP contribution is -2.18. The molecule has 0 saturated heterocycles. The van der Waals surface area contributed by atoms with Gasteiger partial charge in [0.2, 0.25) is 0 Å². The van der Waals surface area contributed by atoms with Gasteiger partial charge in [0.15, 0.2) is 0 Å². The molecule has 0 radical (unpaired) electrons. The molecule has 2 rings (SSSR count). The van der Waals surface area contributed by atoms with Gasteiger partial charge in [0, 0.05) is 18.4 Å². The van der Waals surface area contributed by atoms with Crippen LogP contribution in [0, 0.1) is 5.92 Å². The quantitative estimate of drug-likeness (QED) is 0.709. The lowest BCUT2D eigenvalue weighted by atomic mass is 9.92. The number of aromatic nitrogens is 2. The van der Waals surface area contributed by atoms with Crippen LogP contribution in [0.2, 0.25) is 0 Å². The van der Waals surface area contributed by atoms with Gasteiger partial charge in [-0.2, -0.15) is 0 Å². The lowest BCUT2D eigenvalue weighted by Gasteiger charge is -2.20. The Balaban J connectivity index is 2.45. The van der Waals surface area contributed by atoms with Gasteiger partial charge in [-0.1, -0.05) is 27.7 Å². The molecule has 15 heavy (non-hydrogen) atoms. The van der Waals surface area contributed by atoms with Crippen molar-refractivity contribution in [3.63, 3.8) is 0 Å². The van der Waals surface area contributed by atoms with Gasteiger partial charge in [-0.25, -0.2) is 4.98 Å². The van der Waals surface area contributed by atoms with E-state index in [1.54, 1.807) is 0 Å². The van der Waals surface area contributed by atoms with Crippen LogP contribution in [0.5, 0.6) is 0 Å². The molecule has 1 unspecified atom stereocenters. The fourth-order valence-electron chi connectivity index (χ4n) is 2.23. The summed E-state index contributed by atoms with van der Waals surface area (Å²) in [5.74, 6) is 2.80. The van der Waals surface area contributed by atoms with Crippen molar-refractivity contribution in [3.05, 3.63) is 11.5 Å². The van der Waals surface area contributed by atoms with Gasteiger partial charge >= 0.3 is 0 Å². The Bertz CT molecular complexity index is 371. The van der Waals surface area contributed by atoms with E-state index < -0.39 is 0 Å². The second-order valence-corrected chi connectivity index (χ2v) is 5.76. The number of nitrogens with zero attached hydrogens (tertiary/aromatic N) is 2. The van der Waals surface area contributed by atoms with Crippen molar-refractivity contribution in [3.8, 4) is 0 Å². The van der Waals surface area contributed by atoms with Crippen LogP contribution >= 0.6 is 0 Å². The Labute approximate surface area is 91.7 Å². The van der Waals surface area contributed by atoms with E-state index in [9.17, 15) is 0 Å². The maximum Gasteiger partial charge on any atom is 0.127 e. The summed E-state index contributed by atoms with van der Waals surface area (Å²) in [6.07, 6.45) is 2.29. The third-order valence-electron chi connectivity index (χ3n) is 3.17. The Morgan fingerprint density at radius 1 is 1.40 bits per heavy atom. The van der Waals surface area contributed by atoms with E-state index in [2.05, 4.69) is 32.3 Å². The molecule has 2 N–H and O–H groups in total. The number of hydrogen-bond donors (Lipinski definition) is 1. The number of anilines is 1. The maximum atomic E-state index is 6.16. The van der Waals surface area contributed by atoms with E-state index in [4.69, 9.17) is 10.7 Å². The first-order chi connectivity index (χ1) is 6.89. The molecule has 0 aromatic carbocycles. The average molecular weight is 207 g/mol. The highest BCUT2D eigenvalue weighted by Gasteiger charge is 2.27. The number of nitrogens with two attached hydrogens (primary N) is 1. The fraction of sp³-hybridized carbons (Fsp3) is 0.750. The third-order valence-corrected chi connectivity index (χ3v) is 3.17. The molecule has 0 fully saturated rings. The standard InChI is InChI=1S/C12H21N3/c1-8-5-6-15-9(7-8)14-10(11(15)13)12(2,3)4/h8H,5-7,13H2,1-4H3. The molecule has 0 aliphatic carbocycles. The number of imidazole rings is 1. The predicted molar refractivity (Wildman–Crippen MR) is 62.8 cm³/mol. The van der Waals surface area contributed by atoms with Crippen LogP contribution in [0.25, 0.3) is 0 Å². The molecular formula is C12H21N3. The van der Waals surface area contributed by atoms with Crippen molar-refractivity contribution in [2.24, 2.45) is 5.92 Å². The minimum absolute atomic E-state index is 0.0532. The summed E-state index contributed by atoms with van der Waals surface area (Å²) < 4.78 is 2.20. The van der Waals surface area contributed by atoms with E-state index in [0.717, 1.165) is 30.4 Å². The first-order valence-electron chi connectivity index (χ1n) is 5.75. The first kappa shape index (κ1) is 10.5. The summed E-state index contributed by atoms with van der Waals surface area (Å²) in [5, 5.41) is 0. The van der Waals surface area contributed by atoms with Gasteiger partial charge in [-0.15, -0.1) is 0 Å². The smallest absolute Gasteiger partial charge is 0.127 e. The highest BCUT2D eigenvalue weighted by Crippen LogP contribution is 2.31. The van der Waals surface area contributed by atoms with Crippen molar-refractivity contribution in [1.29, 1.82) is 0 Å². The zero-order valence-corrected chi connectivity index (χ0v) is 10.2. The van der Waals surface area contributed by atoms with Crippen molar-refractivity contribution in [2.45, 2.75) is 52.5 Å². The molecule has 3 heteroatoms. The van der Waals surface area contributed by atoms with Crippen molar-refractivity contribution >= 4 is 5.82 Å². The van der Waals surface area contributed by atoms with Crippen molar-refractivity contribution < 1.29 is 0 Å². The molecule has 1 aromatic heterocycles. The number of nitrogen functional groups attached to an aromatic ring is 1. The second kappa shape index (κ2) is 3.26. The molecule has 2 heterocycles. The summed E-state index contributed by atoms with van der Waals surface area (Å²) in [4.78, 5) is 4.71. The van der Waals surface area contributed by atoms with Gasteiger partial charge in [0.05, 0.1) is 5.69 Å². The van der Waals surface area contributed by atoms with Gasteiger partial charge < -0.3 is 10.3 Å². The van der Waals surface area contributed by atoms with E-state index in [-0.39, 0.29) is 5.41 Å². The molecule has 0 bridgehead atoms. The normalized spacial score (nSPS) is 21.5. The topological polar surface area (TPSA) is 43.8 Å². The summed E-state index contributed by atoms with van der Waals surface area (Å²) >= 11 is 0. The molecule has 1 atom stereocenters. The van der Waals surface area contributed by atoms with Crippen molar-refractivity contribution in [1.82, 2.24) is 9.55 Å². The van der Waals surface area contributed by atoms with E-state index in [0.29, 0.717) is 0 Å². The minimum atomic E-state index is 0.0532. The number of fused-ring (bicyclic) bond motifs is 1. The molecule has 0 spiro atoms. The summed E-state index contributed by atoms with van der Waals surface area (Å²) in [6, 6.07) is 0. The van der Waals surface area contributed by atoms with E-state index in [1.807, 2.05) is 0 Å². The lowest BCUT2D eigenvalue weighted by molar-refractivity contribution is 0.412. The third kappa shape index (κ3) is 1.75. The average Bonchev–Trinajstić information content (AvgIpc) is 2.42. The molecule has 3 nitrogen and oxygen atoms in total. The van der Waals surface area contributed by atoms with Crippen LogP contribution in [-0.4, -0.2) is 9.55 Å². The van der Waals surface area contributed by atoms with Crippen LogP contribution in [0.3, 0.4) is 0 Å². The SMILES string of the molecule is CC1CCn2c(nc(C(C)(C)C)c2N)C1. The number of hydrogen-bond acceptors (Lipinski definition) is 2. The van der Waals surface area contributed by atoms with Crippen molar-refractivity contribution in [2.75, 3.05) is 5.73 Å². The van der Waals surface area contributed by atoms with Gasteiger partial charge in [0.25, 0.3) is 0 Å². The molecule has 1 aliphatic heterocycles. The van der Waals surface area contributed by atoms with Crippen LogP contribution in [-0.2, 0) is 18.4 Å². The van der Waals surface area contributed by atoms with Gasteiger partial charge in [-0.3, -0.25) is 0 Å². The Kier molecular flexibility index (Phi) is 2.28. The van der Waals surface area contributed by atoms with Gasteiger partial charge in [-0.05, 0) is 12.3 Å². The second-order valence-electron chi connectivity index (χ2n) is 5.76. The van der Waals surface area contributed by atoms with Crippen LogP contribution in [0.4, 0.5) is 5.82 Å². The van der Waals surface area contributed by atoms with Crippen LogP contribution < -0.4 is 5.73 Å². The first-order valence-corrected chi connectivity index (χ1v) is 5.75. The minimum Gasteiger partial charge on any atom is -0.384 e. The molecule has 1 aromatic rings. The zero-order valence-electron chi connectivity index (χ0n) is 10.2. The maximum absolute atomic E-state index is 6.16. The molecule has 1 aliphatic rings. The highest BCUT2D eigenvalue weighted by molar-refractivity contribution is 5.42. The zero-order chi connectivity index (χ0) is 11.2. The summed E-state index contributed by atoms with van der Waals surface area (Å²) in [7, 11) is 0. The van der Waals surface area contributed by atoms with E-state index in [1.165, 1.54) is 12.2 Å². The Hall–Kier alpha value is -0.990. The Morgan fingerprint density at radius 3 is 2.67 bits per heavy atom. The predicted octanol–water partition coefficient (Wildman–Crippen LogP) is 2.35. The Morgan fingerprint density at radius 2 is 2.07 bits per heavy atom. The molecule has 84 valence electrons. The molecular weight excluding hydrogens is 186 g/mol. The summed E-state index contributed by atoms with van der Waals surface area (Å²) in [6.45, 7) is 9.82. The van der Waals surface area contributed by atoms with Crippen LogP contribution in [0.15, 0.2) is 0 Å². The monoisotopic (exact) mass is 207 g/mol.